The number of thiophene rings is 1. The molecule has 0 fully saturated rings. The number of anilines is 1. The molecule has 0 aliphatic rings. The Labute approximate surface area is 130 Å². The Morgan fingerprint density at radius 2 is 1.82 bits per heavy atom. The molecule has 5 heteroatoms. The van der Waals surface area contributed by atoms with Crippen LogP contribution in [0.2, 0.25) is 0 Å². The Bertz CT molecular complexity index is 988. The van der Waals surface area contributed by atoms with Crippen molar-refractivity contribution in [3.8, 4) is 0 Å². The Kier molecular flexibility index (Phi) is 3.05. The molecule has 0 atom stereocenters. The second-order valence-corrected chi connectivity index (χ2v) is 5.74. The first-order valence-electron chi connectivity index (χ1n) is 6.80. The van der Waals surface area contributed by atoms with Crippen LogP contribution in [-0.4, -0.2) is 15.9 Å². The van der Waals surface area contributed by atoms with Gasteiger partial charge in [-0.3, -0.25) is 4.79 Å². The van der Waals surface area contributed by atoms with Crippen LogP contribution in [0.15, 0.2) is 60.2 Å². The molecule has 1 N–H and O–H groups in total. The number of nitrogens with one attached hydrogen (secondary N) is 1. The largest absolute Gasteiger partial charge is 0.306 e. The number of fused-ring (bicyclic) bond motifs is 2. The summed E-state index contributed by atoms with van der Waals surface area (Å²) in [6.45, 7) is 0. The van der Waals surface area contributed by atoms with Gasteiger partial charge in [-0.2, -0.15) is 0 Å². The van der Waals surface area contributed by atoms with Crippen LogP contribution in [0.4, 0.5) is 5.82 Å². The van der Waals surface area contributed by atoms with Crippen LogP contribution >= 0.6 is 11.3 Å². The number of aromatic nitrogens is 2. The fraction of sp³-hybridized carbons (Fsp3) is 0. The normalized spacial score (nSPS) is 10.9. The third kappa shape index (κ3) is 2.12. The van der Waals surface area contributed by atoms with Crippen molar-refractivity contribution in [1.29, 1.82) is 0 Å². The molecule has 0 spiro atoms. The van der Waals surface area contributed by atoms with Crippen LogP contribution in [0.3, 0.4) is 0 Å². The van der Waals surface area contributed by atoms with Crippen molar-refractivity contribution >= 4 is 44.1 Å². The summed E-state index contributed by atoms with van der Waals surface area (Å²) in [5.41, 5.74) is 0.639. The van der Waals surface area contributed by atoms with Gasteiger partial charge in [-0.05, 0) is 28.3 Å². The minimum atomic E-state index is -0.164. The van der Waals surface area contributed by atoms with Gasteiger partial charge in [-0.15, -0.1) is 11.3 Å². The maximum Gasteiger partial charge on any atom is 0.257 e. The van der Waals surface area contributed by atoms with Crippen molar-refractivity contribution in [2.75, 3.05) is 5.32 Å². The lowest BCUT2D eigenvalue weighted by Crippen LogP contribution is -2.13. The van der Waals surface area contributed by atoms with Crippen molar-refractivity contribution in [1.82, 2.24) is 9.97 Å². The van der Waals surface area contributed by atoms with Crippen LogP contribution in [0.1, 0.15) is 10.4 Å². The highest BCUT2D eigenvalue weighted by Crippen LogP contribution is 2.25. The Morgan fingerprint density at radius 1 is 0.955 bits per heavy atom. The predicted molar refractivity (Wildman–Crippen MR) is 89.3 cm³/mol. The van der Waals surface area contributed by atoms with E-state index in [1.165, 1.54) is 17.7 Å². The van der Waals surface area contributed by atoms with E-state index in [2.05, 4.69) is 15.3 Å². The van der Waals surface area contributed by atoms with Gasteiger partial charge in [0.1, 0.15) is 17.0 Å². The van der Waals surface area contributed by atoms with Gasteiger partial charge >= 0.3 is 0 Å². The molecule has 0 bridgehead atoms. The summed E-state index contributed by atoms with van der Waals surface area (Å²) in [6.07, 6.45) is 1.47. The van der Waals surface area contributed by atoms with E-state index in [1.54, 1.807) is 0 Å². The Morgan fingerprint density at radius 3 is 2.77 bits per heavy atom. The van der Waals surface area contributed by atoms with Gasteiger partial charge in [-0.1, -0.05) is 36.4 Å². The predicted octanol–water partition coefficient (Wildman–Crippen LogP) is 4.10. The van der Waals surface area contributed by atoms with Crippen molar-refractivity contribution in [2.24, 2.45) is 0 Å². The lowest BCUT2D eigenvalue weighted by molar-refractivity contribution is 0.102. The molecule has 4 nitrogen and oxygen atoms in total. The summed E-state index contributed by atoms with van der Waals surface area (Å²) in [7, 11) is 0. The zero-order chi connectivity index (χ0) is 14.9. The molecule has 0 saturated heterocycles. The first kappa shape index (κ1) is 12.9. The number of hydrogen-bond acceptors (Lipinski definition) is 4. The minimum Gasteiger partial charge on any atom is -0.306 e. The molecule has 0 unspecified atom stereocenters. The molecule has 1 amide bonds. The average Bonchev–Trinajstić information content (AvgIpc) is 3.04. The Hall–Kier alpha value is -2.79. The highest BCUT2D eigenvalue weighted by Gasteiger charge is 2.12. The van der Waals surface area contributed by atoms with Gasteiger partial charge in [0.05, 0.1) is 5.39 Å². The molecule has 0 aliphatic carbocycles. The molecule has 2 aromatic heterocycles. The van der Waals surface area contributed by atoms with E-state index >= 15 is 0 Å². The molecule has 4 rings (SSSR count). The zero-order valence-electron chi connectivity index (χ0n) is 11.5. The zero-order valence-corrected chi connectivity index (χ0v) is 12.3. The van der Waals surface area contributed by atoms with Crippen LogP contribution in [-0.2, 0) is 0 Å². The number of amides is 1. The third-order valence-corrected chi connectivity index (χ3v) is 4.35. The van der Waals surface area contributed by atoms with Crippen molar-refractivity contribution in [2.45, 2.75) is 0 Å². The molecular weight excluding hydrogens is 294 g/mol. The average molecular weight is 305 g/mol. The summed E-state index contributed by atoms with van der Waals surface area (Å²) in [6, 6.07) is 15.5. The molecule has 0 aliphatic heterocycles. The van der Waals surface area contributed by atoms with Gasteiger partial charge in [-0.25, -0.2) is 9.97 Å². The summed E-state index contributed by atoms with van der Waals surface area (Å²) < 4.78 is 0. The number of hydrogen-bond donors (Lipinski definition) is 1. The lowest BCUT2D eigenvalue weighted by Gasteiger charge is -2.08. The second-order valence-electron chi connectivity index (χ2n) is 4.84. The van der Waals surface area contributed by atoms with Crippen LogP contribution < -0.4 is 5.32 Å². The molecule has 22 heavy (non-hydrogen) atoms. The van der Waals surface area contributed by atoms with Crippen molar-refractivity contribution in [3.05, 3.63) is 65.8 Å². The van der Waals surface area contributed by atoms with E-state index in [9.17, 15) is 4.79 Å². The highest BCUT2D eigenvalue weighted by molar-refractivity contribution is 7.16. The molecule has 4 aromatic rings. The van der Waals surface area contributed by atoms with E-state index < -0.39 is 0 Å². The van der Waals surface area contributed by atoms with Crippen molar-refractivity contribution < 1.29 is 4.79 Å². The van der Waals surface area contributed by atoms with E-state index in [0.717, 1.165) is 21.0 Å². The van der Waals surface area contributed by atoms with Crippen LogP contribution in [0.5, 0.6) is 0 Å². The van der Waals surface area contributed by atoms with Crippen LogP contribution in [0.25, 0.3) is 21.0 Å². The lowest BCUT2D eigenvalue weighted by atomic mass is 10.0. The first-order valence-corrected chi connectivity index (χ1v) is 7.68. The minimum absolute atomic E-state index is 0.164. The second kappa shape index (κ2) is 5.20. The maximum atomic E-state index is 12.6. The standard InChI is InChI=1S/C17H11N3OS/c21-16(13-7-3-5-11-4-1-2-6-12(11)13)20-15-14-8-9-22-17(14)19-10-18-15/h1-10H,(H,18,19,20,21). The number of rotatable bonds is 2. The molecule has 0 radical (unpaired) electrons. The van der Waals surface area contributed by atoms with E-state index in [1.807, 2.05) is 53.9 Å². The number of carbonyl (C=O) groups is 1. The van der Waals surface area contributed by atoms with Crippen LogP contribution in [0, 0.1) is 0 Å². The molecule has 2 aromatic carbocycles. The van der Waals surface area contributed by atoms with Gasteiger partial charge in [0, 0.05) is 5.56 Å². The monoisotopic (exact) mass is 305 g/mol. The SMILES string of the molecule is O=C(Nc1ncnc2sccc12)c1cccc2ccccc12. The summed E-state index contributed by atoms with van der Waals surface area (Å²) in [4.78, 5) is 21.9. The quantitative estimate of drug-likeness (QED) is 0.606. The first-order chi connectivity index (χ1) is 10.8. The highest BCUT2D eigenvalue weighted by atomic mass is 32.1. The fourth-order valence-corrected chi connectivity index (χ4v) is 3.22. The van der Waals surface area contributed by atoms with Gasteiger partial charge in [0.25, 0.3) is 5.91 Å². The molecule has 0 saturated carbocycles. The maximum absolute atomic E-state index is 12.6. The summed E-state index contributed by atoms with van der Waals surface area (Å²) in [5, 5.41) is 7.66. The van der Waals surface area contributed by atoms with E-state index in [0.29, 0.717) is 11.4 Å². The van der Waals surface area contributed by atoms with Gasteiger partial charge < -0.3 is 5.32 Å². The fourth-order valence-electron chi connectivity index (χ4n) is 2.49. The summed E-state index contributed by atoms with van der Waals surface area (Å²) in [5.74, 6) is 0.382. The van der Waals surface area contributed by atoms with Crippen molar-refractivity contribution in [3.63, 3.8) is 0 Å². The van der Waals surface area contributed by atoms with Gasteiger partial charge in [0.2, 0.25) is 0 Å². The van der Waals surface area contributed by atoms with E-state index in [-0.39, 0.29) is 5.91 Å². The number of benzene rings is 2. The third-order valence-electron chi connectivity index (χ3n) is 3.53. The van der Waals surface area contributed by atoms with E-state index in [4.69, 9.17) is 0 Å². The topological polar surface area (TPSA) is 54.9 Å². The summed E-state index contributed by atoms with van der Waals surface area (Å²) >= 11 is 1.52. The molecule has 106 valence electrons. The van der Waals surface area contributed by atoms with Gasteiger partial charge in [0.15, 0.2) is 0 Å². The smallest absolute Gasteiger partial charge is 0.257 e. The number of carbonyl (C=O) groups excluding carboxylic acids is 1. The Balaban J connectivity index is 1.77. The molecule has 2 heterocycles. The number of nitrogens with zero attached hydrogens (tertiary/aromatic N) is 2. The molecular formula is C17H11N3OS.